The summed E-state index contributed by atoms with van der Waals surface area (Å²) in [5.41, 5.74) is 12.4. The van der Waals surface area contributed by atoms with Gasteiger partial charge in [0.25, 0.3) is 0 Å². The summed E-state index contributed by atoms with van der Waals surface area (Å²) in [5, 5.41) is 58.2. The van der Waals surface area contributed by atoms with Crippen molar-refractivity contribution in [2.75, 3.05) is 0 Å². The fourth-order valence-corrected chi connectivity index (χ4v) is 12.8. The van der Waals surface area contributed by atoms with Crippen molar-refractivity contribution in [3.05, 3.63) is 385 Å². The van der Waals surface area contributed by atoms with Crippen molar-refractivity contribution in [1.29, 1.82) is 0 Å². The Morgan fingerprint density at radius 1 is 0.298 bits per heavy atom. The average molecular weight is 1530 g/mol. The summed E-state index contributed by atoms with van der Waals surface area (Å²) in [4.78, 5) is 74.4. The van der Waals surface area contributed by atoms with E-state index in [9.17, 15) is 60.9 Å². The van der Waals surface area contributed by atoms with Crippen LogP contribution in [-0.4, -0.2) is 104 Å². The summed E-state index contributed by atoms with van der Waals surface area (Å²) in [5.74, 6) is -7.48. The van der Waals surface area contributed by atoms with E-state index in [4.69, 9.17) is 20.4 Å². The lowest BCUT2D eigenvalue weighted by atomic mass is 10.1. The Kier molecular flexibility index (Phi) is 22.4. The lowest BCUT2D eigenvalue weighted by Crippen LogP contribution is -2.00. The highest BCUT2D eigenvalue weighted by molar-refractivity contribution is 6.06. The Hall–Kier alpha value is -15.8. The second kappa shape index (κ2) is 33.4. The second-order valence-corrected chi connectivity index (χ2v) is 25.4. The number of carboxylic acids is 6. The maximum Gasteiger partial charge on any atom is 0.354 e. The van der Waals surface area contributed by atoms with E-state index in [-0.39, 0.29) is 57.0 Å². The highest BCUT2D eigenvalue weighted by Crippen LogP contribution is 2.31. The molecular weight excluding hydrogens is 1470 g/mol. The summed E-state index contributed by atoms with van der Waals surface area (Å²) in [7, 11) is 0. The van der Waals surface area contributed by atoms with Crippen LogP contribution >= 0.6 is 0 Å². The van der Waals surface area contributed by atoms with Gasteiger partial charge < -0.3 is 58.0 Å². The van der Waals surface area contributed by atoms with Crippen LogP contribution in [0.4, 0.5) is 22.0 Å². The number of halogens is 5. The van der Waals surface area contributed by atoms with Gasteiger partial charge in [0, 0.05) is 104 Å². The maximum absolute atomic E-state index is 13.3. The first-order valence-electron chi connectivity index (χ1n) is 34.6. The SMILES string of the molecule is Cc1cn(-c2ccc(C(=O)O)cc2)c2ccccc12.O=C(O)c1ccc2c(ccn2-c2ccc(F)cc2)n1.O=C(O)c1cccc2c1ccn2-c1ccc(F)cc1.O=C(O)c1cn(-c2ccc(F)cc2)c2ccccc12.O=C(O)c1cn(-c2cccc(F)c2)c2ccccc12.O=C(O)c1cnc2c(ccn2-c2ccc(F)cc2)c1. The lowest BCUT2D eigenvalue weighted by Gasteiger charge is -2.06. The topological polar surface area (TPSA) is 279 Å². The molecule has 8 heterocycles. The van der Waals surface area contributed by atoms with Crippen LogP contribution in [-0.2, 0) is 0 Å². The zero-order valence-electron chi connectivity index (χ0n) is 59.6. The zero-order chi connectivity index (χ0) is 80.4. The Bertz CT molecular complexity index is 6510. The van der Waals surface area contributed by atoms with Gasteiger partial charge >= 0.3 is 35.8 Å². The molecule has 564 valence electrons. The number of aryl methyl sites for hydroxylation is 1. The molecule has 25 heteroatoms. The van der Waals surface area contributed by atoms with E-state index in [2.05, 4.69) is 39.8 Å². The van der Waals surface area contributed by atoms with Gasteiger partial charge in [-0.05, 0) is 219 Å². The lowest BCUT2D eigenvalue weighted by molar-refractivity contribution is 0.0681. The number of pyridine rings is 2. The Morgan fingerprint density at radius 3 is 1.20 bits per heavy atom. The Balaban J connectivity index is 0.000000119. The third kappa shape index (κ3) is 16.7. The normalized spacial score (nSPS) is 10.8. The Morgan fingerprint density at radius 2 is 0.702 bits per heavy atom. The van der Waals surface area contributed by atoms with Gasteiger partial charge in [0.05, 0.1) is 60.9 Å². The van der Waals surface area contributed by atoms with Gasteiger partial charge in [-0.15, -0.1) is 0 Å². The first kappa shape index (κ1) is 76.4. The van der Waals surface area contributed by atoms with Gasteiger partial charge in [-0.3, -0.25) is 0 Å². The smallest absolute Gasteiger partial charge is 0.354 e. The molecule has 0 saturated heterocycles. The van der Waals surface area contributed by atoms with Crippen molar-refractivity contribution in [1.82, 2.24) is 37.4 Å². The summed E-state index contributed by atoms with van der Waals surface area (Å²) in [6.07, 6.45) is 11.8. The van der Waals surface area contributed by atoms with Crippen LogP contribution < -0.4 is 0 Å². The number of benzene rings is 10. The molecule has 10 aromatic carbocycles. The molecule has 18 aromatic rings. The van der Waals surface area contributed by atoms with Crippen molar-refractivity contribution >= 4 is 101 Å². The molecule has 0 aliphatic rings. The highest BCUT2D eigenvalue weighted by Gasteiger charge is 2.19. The number of fused-ring (bicyclic) bond motifs is 6. The fourth-order valence-electron chi connectivity index (χ4n) is 12.8. The zero-order valence-corrected chi connectivity index (χ0v) is 59.6. The summed E-state index contributed by atoms with van der Waals surface area (Å²) < 4.78 is 75.9. The molecule has 0 fully saturated rings. The van der Waals surface area contributed by atoms with Gasteiger partial charge in [-0.2, -0.15) is 0 Å². The molecule has 114 heavy (non-hydrogen) atoms. The van der Waals surface area contributed by atoms with Gasteiger partial charge in [-0.1, -0.05) is 66.7 Å². The number of aromatic nitrogens is 8. The third-order valence-electron chi connectivity index (χ3n) is 18.2. The molecule has 0 saturated carbocycles. The van der Waals surface area contributed by atoms with Crippen molar-refractivity contribution in [2.45, 2.75) is 6.92 Å². The largest absolute Gasteiger partial charge is 0.478 e. The molecule has 0 radical (unpaired) electrons. The summed E-state index contributed by atoms with van der Waals surface area (Å²) in [6, 6.07) is 74.7. The Labute approximate surface area is 642 Å². The molecule has 20 nitrogen and oxygen atoms in total. The van der Waals surface area contributed by atoms with Crippen molar-refractivity contribution < 1.29 is 81.4 Å². The maximum atomic E-state index is 13.3. The van der Waals surface area contributed by atoms with Crippen LogP contribution in [0.5, 0.6) is 0 Å². The first-order chi connectivity index (χ1) is 55.0. The number of carboxylic acid groups (broad SMARTS) is 6. The summed E-state index contributed by atoms with van der Waals surface area (Å²) >= 11 is 0. The van der Waals surface area contributed by atoms with E-state index in [1.54, 1.807) is 178 Å². The molecule has 0 aliphatic heterocycles. The van der Waals surface area contributed by atoms with E-state index in [0.717, 1.165) is 61.4 Å². The molecular formula is C89H61F5N8O12. The molecule has 0 amide bonds. The van der Waals surface area contributed by atoms with Gasteiger partial charge in [0.1, 0.15) is 40.4 Å². The molecule has 0 unspecified atom stereocenters. The number of rotatable bonds is 12. The van der Waals surface area contributed by atoms with E-state index in [0.29, 0.717) is 38.6 Å². The van der Waals surface area contributed by atoms with Crippen molar-refractivity contribution in [3.63, 3.8) is 0 Å². The number of hydrogen-bond acceptors (Lipinski definition) is 8. The molecule has 6 N–H and O–H groups in total. The van der Waals surface area contributed by atoms with Crippen LogP contribution in [0.2, 0.25) is 0 Å². The van der Waals surface area contributed by atoms with E-state index < -0.39 is 35.8 Å². The molecule has 18 rings (SSSR count). The van der Waals surface area contributed by atoms with Crippen LogP contribution in [0.15, 0.2) is 316 Å². The quantitative estimate of drug-likeness (QED) is 0.0621. The number of aromatic carboxylic acids is 6. The van der Waals surface area contributed by atoms with Gasteiger partial charge in [-0.25, -0.2) is 60.7 Å². The van der Waals surface area contributed by atoms with Crippen LogP contribution in [0.3, 0.4) is 0 Å². The number of para-hydroxylation sites is 3. The average Bonchev–Trinajstić information content (AvgIpc) is 1.65. The monoisotopic (exact) mass is 1530 g/mol. The minimum absolute atomic E-state index is 0.00403. The van der Waals surface area contributed by atoms with Crippen LogP contribution in [0, 0.1) is 36.0 Å². The predicted octanol–water partition coefficient (Wildman–Crippen LogP) is 19.8. The second-order valence-electron chi connectivity index (χ2n) is 25.4. The van der Waals surface area contributed by atoms with Gasteiger partial charge in [0.15, 0.2) is 0 Å². The van der Waals surface area contributed by atoms with Gasteiger partial charge in [0.2, 0.25) is 0 Å². The number of nitrogens with zero attached hydrogens (tertiary/aromatic N) is 8. The third-order valence-corrected chi connectivity index (χ3v) is 18.2. The molecule has 0 atom stereocenters. The van der Waals surface area contributed by atoms with Crippen LogP contribution in [0.25, 0.3) is 99.8 Å². The number of carbonyl (C=O) groups is 6. The molecule has 0 bridgehead atoms. The first-order valence-corrected chi connectivity index (χ1v) is 34.6. The standard InChI is InChI=1S/C16H13NO2.3C15H10FNO2.2C14H9FN2O2/c1-11-10-17(15-5-3-2-4-14(11)15)13-8-6-12(7-9-13)16(18)19;16-10-4-3-5-11(8-10)17-9-13(15(18)19)12-6-1-2-7-14(12)17;16-10-4-6-11(7-5-10)17-9-8-12-13(15(18)19)2-1-3-14(12)17;16-10-5-7-11(8-6-10)17-9-13(15(18)19)12-3-1-2-4-14(12)17;15-11-1-3-12(4-2-11)17-6-5-9-7-10(14(18)19)8-16-13(9)17;15-9-1-3-10(4-2-9)17-8-7-11-13(17)6-5-12(16-11)14(18)19/h2-10H,1H3,(H,18,19);3*1-9H,(H,18,19);2*1-8H,(H,18,19). The molecule has 0 spiro atoms. The minimum atomic E-state index is -1.06. The van der Waals surface area contributed by atoms with Crippen molar-refractivity contribution in [3.8, 4) is 34.1 Å². The highest BCUT2D eigenvalue weighted by atomic mass is 19.1. The fraction of sp³-hybridized carbons (Fsp3) is 0.0112. The predicted molar refractivity (Wildman–Crippen MR) is 422 cm³/mol. The van der Waals surface area contributed by atoms with E-state index >= 15 is 0 Å². The molecule has 0 aliphatic carbocycles. The van der Waals surface area contributed by atoms with Crippen LogP contribution in [0.1, 0.15) is 67.8 Å². The minimum Gasteiger partial charge on any atom is -0.478 e. The van der Waals surface area contributed by atoms with E-state index in [1.165, 1.54) is 90.1 Å². The van der Waals surface area contributed by atoms with Crippen molar-refractivity contribution in [2.24, 2.45) is 0 Å². The number of hydrogen-bond donors (Lipinski definition) is 6. The summed E-state index contributed by atoms with van der Waals surface area (Å²) in [6.45, 7) is 2.07. The molecule has 8 aromatic heterocycles. The van der Waals surface area contributed by atoms with E-state index in [1.807, 2.05) is 63.7 Å².